The highest BCUT2D eigenvalue weighted by Gasteiger charge is 2.07. The lowest BCUT2D eigenvalue weighted by Crippen LogP contribution is -2.03. The fourth-order valence-corrected chi connectivity index (χ4v) is 2.15. The molecule has 0 radical (unpaired) electrons. The first-order chi connectivity index (χ1) is 10.5. The number of ether oxygens (including phenoxy) is 1. The Morgan fingerprint density at radius 2 is 1.86 bits per heavy atom. The van der Waals surface area contributed by atoms with Crippen LogP contribution in [0.2, 0.25) is 10.0 Å². The Kier molecular flexibility index (Phi) is 5.20. The molecule has 0 aliphatic rings. The van der Waals surface area contributed by atoms with Crippen molar-refractivity contribution in [2.45, 2.75) is 0 Å². The van der Waals surface area contributed by atoms with Crippen LogP contribution in [0.4, 0.5) is 0 Å². The smallest absolute Gasteiger partial charge is 0.335 e. The van der Waals surface area contributed by atoms with Crippen LogP contribution < -0.4 is 0 Å². The Morgan fingerprint density at radius 1 is 1.14 bits per heavy atom. The number of benzene rings is 2. The van der Waals surface area contributed by atoms with Crippen LogP contribution >= 0.6 is 23.2 Å². The number of carbonyl (C=O) groups is 1. The standard InChI is InChI=1S/C16H11Cl2NO3/c17-13-5-4-10(14(18)9-13)6-7-22-15(19)11-2-1-3-12(8-11)16(20)21/h1-9,19H,(H,20,21)/b7-6+,19-15?. The SMILES string of the molecule is N=C(O/C=C/c1ccc(Cl)cc1Cl)c1cccc(C(=O)O)c1. The molecule has 112 valence electrons. The molecule has 4 nitrogen and oxygen atoms in total. The molecule has 0 saturated carbocycles. The second kappa shape index (κ2) is 7.11. The summed E-state index contributed by atoms with van der Waals surface area (Å²) in [4.78, 5) is 10.9. The van der Waals surface area contributed by atoms with Crippen molar-refractivity contribution in [1.29, 1.82) is 5.41 Å². The van der Waals surface area contributed by atoms with Crippen LogP contribution in [0.25, 0.3) is 6.08 Å². The Hall–Kier alpha value is -2.30. The largest absolute Gasteiger partial charge is 0.478 e. The van der Waals surface area contributed by atoms with Crippen LogP contribution in [0.15, 0.2) is 48.7 Å². The molecule has 0 aromatic heterocycles. The molecule has 0 saturated heterocycles. The molecule has 0 bridgehead atoms. The quantitative estimate of drug-likeness (QED) is 0.483. The van der Waals surface area contributed by atoms with E-state index in [1.54, 1.807) is 36.4 Å². The molecule has 0 unspecified atom stereocenters. The molecule has 2 aromatic rings. The predicted molar refractivity (Wildman–Crippen MR) is 86.8 cm³/mol. The van der Waals surface area contributed by atoms with E-state index in [1.807, 2.05) is 0 Å². The van der Waals surface area contributed by atoms with Crippen LogP contribution in [-0.4, -0.2) is 17.0 Å². The Balaban J connectivity index is 2.08. The van der Waals surface area contributed by atoms with Crippen LogP contribution in [0.5, 0.6) is 0 Å². The number of rotatable bonds is 4. The minimum Gasteiger partial charge on any atom is -0.478 e. The van der Waals surface area contributed by atoms with E-state index >= 15 is 0 Å². The van der Waals surface area contributed by atoms with Crippen molar-refractivity contribution in [3.63, 3.8) is 0 Å². The Morgan fingerprint density at radius 3 is 2.55 bits per heavy atom. The van der Waals surface area contributed by atoms with Gasteiger partial charge in [-0.2, -0.15) is 0 Å². The number of hydrogen-bond donors (Lipinski definition) is 2. The molecule has 2 aromatic carbocycles. The highest BCUT2D eigenvalue weighted by molar-refractivity contribution is 6.35. The summed E-state index contributed by atoms with van der Waals surface area (Å²) in [6, 6.07) is 11.0. The highest BCUT2D eigenvalue weighted by atomic mass is 35.5. The van der Waals surface area contributed by atoms with Gasteiger partial charge in [-0.3, -0.25) is 5.41 Å². The summed E-state index contributed by atoms with van der Waals surface area (Å²) in [7, 11) is 0. The molecule has 2 rings (SSSR count). The van der Waals surface area contributed by atoms with E-state index in [9.17, 15) is 4.79 Å². The van der Waals surface area contributed by atoms with Crippen molar-refractivity contribution in [3.8, 4) is 0 Å². The number of nitrogens with one attached hydrogen (secondary N) is 1. The predicted octanol–water partition coefficient (Wildman–Crippen LogP) is 4.70. The zero-order chi connectivity index (χ0) is 16.1. The van der Waals surface area contributed by atoms with Crippen molar-refractivity contribution < 1.29 is 14.6 Å². The summed E-state index contributed by atoms with van der Waals surface area (Å²) < 4.78 is 5.17. The summed E-state index contributed by atoms with van der Waals surface area (Å²) in [5, 5.41) is 17.7. The Bertz CT molecular complexity index is 757. The van der Waals surface area contributed by atoms with E-state index in [4.69, 9.17) is 38.5 Å². The number of halogens is 2. The third-order valence-corrected chi connectivity index (χ3v) is 3.33. The second-order valence-electron chi connectivity index (χ2n) is 4.30. The van der Waals surface area contributed by atoms with E-state index in [1.165, 1.54) is 18.4 Å². The number of carboxylic acid groups (broad SMARTS) is 1. The summed E-state index contributed by atoms with van der Waals surface area (Å²) >= 11 is 11.8. The van der Waals surface area contributed by atoms with Gasteiger partial charge in [0.15, 0.2) is 0 Å². The van der Waals surface area contributed by atoms with Gasteiger partial charge in [-0.05, 0) is 42.0 Å². The van der Waals surface area contributed by atoms with Gasteiger partial charge in [0.25, 0.3) is 0 Å². The average Bonchev–Trinajstić information content (AvgIpc) is 2.49. The molecule has 0 aliphatic heterocycles. The van der Waals surface area contributed by atoms with Gasteiger partial charge in [0.2, 0.25) is 5.90 Å². The normalized spacial score (nSPS) is 10.6. The molecule has 0 atom stereocenters. The molecule has 0 fully saturated rings. The van der Waals surface area contributed by atoms with Gasteiger partial charge in [-0.1, -0.05) is 35.3 Å². The third kappa shape index (κ3) is 4.10. The Labute approximate surface area is 137 Å². The summed E-state index contributed by atoms with van der Waals surface area (Å²) in [5.74, 6) is -1.22. The summed E-state index contributed by atoms with van der Waals surface area (Å²) in [6.45, 7) is 0. The lowest BCUT2D eigenvalue weighted by molar-refractivity contribution is 0.0697. The van der Waals surface area contributed by atoms with Crippen molar-refractivity contribution in [2.75, 3.05) is 0 Å². The third-order valence-electron chi connectivity index (χ3n) is 2.77. The first-order valence-corrected chi connectivity index (χ1v) is 6.93. The van der Waals surface area contributed by atoms with Gasteiger partial charge in [-0.25, -0.2) is 4.79 Å². The molecule has 0 heterocycles. The molecule has 0 amide bonds. The van der Waals surface area contributed by atoms with Gasteiger partial charge < -0.3 is 9.84 Å². The maximum Gasteiger partial charge on any atom is 0.335 e. The van der Waals surface area contributed by atoms with Crippen LogP contribution in [-0.2, 0) is 4.74 Å². The van der Waals surface area contributed by atoms with Crippen molar-refractivity contribution in [2.24, 2.45) is 0 Å². The first-order valence-electron chi connectivity index (χ1n) is 6.18. The molecule has 0 spiro atoms. The average molecular weight is 336 g/mol. The number of aromatic carboxylic acids is 1. The van der Waals surface area contributed by atoms with Crippen LogP contribution in [0.1, 0.15) is 21.5 Å². The van der Waals surface area contributed by atoms with Gasteiger partial charge >= 0.3 is 5.97 Å². The summed E-state index contributed by atoms with van der Waals surface area (Å²) in [5.41, 5.74) is 1.15. The van der Waals surface area contributed by atoms with E-state index in [-0.39, 0.29) is 11.5 Å². The van der Waals surface area contributed by atoms with Gasteiger partial charge in [-0.15, -0.1) is 0 Å². The number of carboxylic acids is 1. The van der Waals surface area contributed by atoms with E-state index in [2.05, 4.69) is 0 Å². The van der Waals surface area contributed by atoms with Gasteiger partial charge in [0.1, 0.15) is 0 Å². The zero-order valence-corrected chi connectivity index (χ0v) is 12.7. The van der Waals surface area contributed by atoms with Crippen molar-refractivity contribution >= 4 is 41.1 Å². The molecule has 2 N–H and O–H groups in total. The van der Waals surface area contributed by atoms with Crippen molar-refractivity contribution in [1.82, 2.24) is 0 Å². The molecule has 0 aliphatic carbocycles. The molecule has 22 heavy (non-hydrogen) atoms. The maximum atomic E-state index is 10.9. The lowest BCUT2D eigenvalue weighted by Gasteiger charge is -2.04. The van der Waals surface area contributed by atoms with E-state index in [0.717, 1.165) is 0 Å². The first kappa shape index (κ1) is 16.1. The number of hydrogen-bond acceptors (Lipinski definition) is 3. The second-order valence-corrected chi connectivity index (χ2v) is 5.15. The van der Waals surface area contributed by atoms with Gasteiger partial charge in [0.05, 0.1) is 11.8 Å². The lowest BCUT2D eigenvalue weighted by atomic mass is 10.1. The summed E-state index contributed by atoms with van der Waals surface area (Å²) in [6.07, 6.45) is 2.90. The molecule has 6 heteroatoms. The van der Waals surface area contributed by atoms with Gasteiger partial charge in [0, 0.05) is 15.6 Å². The molecular weight excluding hydrogens is 325 g/mol. The monoisotopic (exact) mass is 335 g/mol. The zero-order valence-electron chi connectivity index (χ0n) is 11.2. The van der Waals surface area contributed by atoms with Crippen LogP contribution in [0, 0.1) is 5.41 Å². The fourth-order valence-electron chi connectivity index (χ4n) is 1.67. The maximum absolute atomic E-state index is 10.9. The highest BCUT2D eigenvalue weighted by Crippen LogP contribution is 2.22. The van der Waals surface area contributed by atoms with E-state index in [0.29, 0.717) is 21.2 Å². The minimum atomic E-state index is -1.06. The van der Waals surface area contributed by atoms with Crippen LogP contribution in [0.3, 0.4) is 0 Å². The topological polar surface area (TPSA) is 70.4 Å². The van der Waals surface area contributed by atoms with E-state index < -0.39 is 5.97 Å². The fraction of sp³-hybridized carbons (Fsp3) is 0. The van der Waals surface area contributed by atoms with Crippen molar-refractivity contribution in [3.05, 3.63) is 75.5 Å². The molecular formula is C16H11Cl2NO3. The minimum absolute atomic E-state index is 0.0931.